The van der Waals surface area contributed by atoms with Crippen LogP contribution in [-0.2, 0) is 14.3 Å². The van der Waals surface area contributed by atoms with Crippen molar-refractivity contribution in [1.82, 2.24) is 15.1 Å². The normalized spacial score (nSPS) is 32.5. The van der Waals surface area contributed by atoms with Crippen LogP contribution in [0.1, 0.15) is 26.7 Å². The van der Waals surface area contributed by atoms with E-state index in [1.807, 2.05) is 0 Å². The SMILES string of the molecule is CC1(C)NC(=O)N(CCN2CCOC3(CCCOC3)C2)C1=O. The molecule has 1 spiro atoms. The van der Waals surface area contributed by atoms with Crippen molar-refractivity contribution in [3.63, 3.8) is 0 Å². The number of rotatable bonds is 3. The highest BCUT2D eigenvalue weighted by Crippen LogP contribution is 2.27. The van der Waals surface area contributed by atoms with Gasteiger partial charge in [0.15, 0.2) is 0 Å². The lowest BCUT2D eigenvalue weighted by Crippen LogP contribution is -2.57. The maximum Gasteiger partial charge on any atom is 0.325 e. The first kappa shape index (κ1) is 15.7. The monoisotopic (exact) mass is 311 g/mol. The molecule has 0 aromatic carbocycles. The fraction of sp³-hybridized carbons (Fsp3) is 0.867. The van der Waals surface area contributed by atoms with Gasteiger partial charge in [0.05, 0.1) is 13.2 Å². The van der Waals surface area contributed by atoms with Crippen LogP contribution in [0.4, 0.5) is 4.79 Å². The Morgan fingerprint density at radius 2 is 2.05 bits per heavy atom. The topological polar surface area (TPSA) is 71.1 Å². The third-order valence-electron chi connectivity index (χ3n) is 4.70. The molecule has 0 aromatic rings. The Labute approximate surface area is 130 Å². The summed E-state index contributed by atoms with van der Waals surface area (Å²) in [6.45, 7) is 8.32. The van der Waals surface area contributed by atoms with Gasteiger partial charge in [-0.3, -0.25) is 14.6 Å². The van der Waals surface area contributed by atoms with Gasteiger partial charge in [-0.05, 0) is 26.7 Å². The Kier molecular flexibility index (Phi) is 4.13. The maximum absolute atomic E-state index is 12.2. The number of nitrogens with zero attached hydrogens (tertiary/aromatic N) is 2. The minimum atomic E-state index is -0.791. The number of morpholine rings is 1. The number of carbonyl (C=O) groups is 2. The summed E-state index contributed by atoms with van der Waals surface area (Å²) < 4.78 is 11.5. The highest BCUT2D eigenvalue weighted by molar-refractivity contribution is 6.06. The number of nitrogens with one attached hydrogen (secondary N) is 1. The lowest BCUT2D eigenvalue weighted by atomic mass is 9.94. The van der Waals surface area contributed by atoms with Crippen LogP contribution < -0.4 is 5.32 Å². The zero-order valence-electron chi connectivity index (χ0n) is 13.4. The van der Waals surface area contributed by atoms with Crippen molar-refractivity contribution >= 4 is 11.9 Å². The Morgan fingerprint density at radius 3 is 2.68 bits per heavy atom. The second-order valence-electron chi connectivity index (χ2n) is 6.98. The van der Waals surface area contributed by atoms with Crippen molar-refractivity contribution in [1.29, 1.82) is 0 Å². The highest BCUT2D eigenvalue weighted by atomic mass is 16.5. The molecule has 3 rings (SSSR count). The van der Waals surface area contributed by atoms with Crippen LogP contribution in [0.5, 0.6) is 0 Å². The molecule has 0 bridgehead atoms. The summed E-state index contributed by atoms with van der Waals surface area (Å²) in [4.78, 5) is 27.7. The third-order valence-corrected chi connectivity index (χ3v) is 4.70. The van der Waals surface area contributed by atoms with Crippen LogP contribution in [0.15, 0.2) is 0 Å². The number of amides is 3. The minimum Gasteiger partial charge on any atom is -0.378 e. The summed E-state index contributed by atoms with van der Waals surface area (Å²) >= 11 is 0. The summed E-state index contributed by atoms with van der Waals surface area (Å²) in [6.07, 6.45) is 2.04. The number of carbonyl (C=O) groups excluding carboxylic acids is 2. The second-order valence-corrected chi connectivity index (χ2v) is 6.98. The molecule has 3 amide bonds. The van der Waals surface area contributed by atoms with Crippen molar-refractivity contribution in [2.24, 2.45) is 0 Å². The zero-order chi connectivity index (χ0) is 15.8. The molecule has 0 aromatic heterocycles. The van der Waals surface area contributed by atoms with Crippen molar-refractivity contribution in [3.8, 4) is 0 Å². The predicted molar refractivity (Wildman–Crippen MR) is 79.5 cm³/mol. The van der Waals surface area contributed by atoms with Gasteiger partial charge < -0.3 is 14.8 Å². The van der Waals surface area contributed by atoms with E-state index in [1.165, 1.54) is 4.90 Å². The summed E-state index contributed by atoms with van der Waals surface area (Å²) in [5, 5.41) is 2.71. The van der Waals surface area contributed by atoms with Crippen molar-refractivity contribution < 1.29 is 19.1 Å². The number of urea groups is 1. The molecule has 7 heteroatoms. The van der Waals surface area contributed by atoms with Gasteiger partial charge in [-0.15, -0.1) is 0 Å². The second kappa shape index (κ2) is 5.79. The average molecular weight is 311 g/mol. The molecule has 1 unspecified atom stereocenters. The Bertz CT molecular complexity index is 454. The molecule has 0 saturated carbocycles. The minimum absolute atomic E-state index is 0.151. The molecule has 1 atom stereocenters. The fourth-order valence-electron chi connectivity index (χ4n) is 3.44. The average Bonchev–Trinajstić information content (AvgIpc) is 2.66. The fourth-order valence-corrected chi connectivity index (χ4v) is 3.44. The summed E-state index contributed by atoms with van der Waals surface area (Å²) in [5.74, 6) is -0.151. The van der Waals surface area contributed by atoms with E-state index in [0.717, 1.165) is 32.5 Å². The van der Waals surface area contributed by atoms with Crippen LogP contribution in [-0.4, -0.2) is 78.9 Å². The lowest BCUT2D eigenvalue weighted by Gasteiger charge is -2.44. The van der Waals surface area contributed by atoms with Gasteiger partial charge in [0.25, 0.3) is 5.91 Å². The molecule has 7 nitrogen and oxygen atoms in total. The lowest BCUT2D eigenvalue weighted by molar-refractivity contribution is -0.168. The van der Waals surface area contributed by atoms with Crippen molar-refractivity contribution in [3.05, 3.63) is 0 Å². The van der Waals surface area contributed by atoms with Gasteiger partial charge in [-0.2, -0.15) is 0 Å². The van der Waals surface area contributed by atoms with Gasteiger partial charge in [0, 0.05) is 32.8 Å². The van der Waals surface area contributed by atoms with Crippen LogP contribution in [0.2, 0.25) is 0 Å². The molecule has 3 saturated heterocycles. The zero-order valence-corrected chi connectivity index (χ0v) is 13.4. The first-order valence-corrected chi connectivity index (χ1v) is 8.00. The molecule has 124 valence electrons. The Hall–Kier alpha value is -1.18. The van der Waals surface area contributed by atoms with Crippen LogP contribution in [0.25, 0.3) is 0 Å². The molecule has 3 heterocycles. The number of hydrogen-bond donors (Lipinski definition) is 1. The number of imide groups is 1. The van der Waals surface area contributed by atoms with Gasteiger partial charge in [0.2, 0.25) is 0 Å². The third kappa shape index (κ3) is 2.98. The summed E-state index contributed by atoms with van der Waals surface area (Å²) in [5.41, 5.74) is -0.992. The van der Waals surface area contributed by atoms with Gasteiger partial charge in [0.1, 0.15) is 11.1 Å². The molecular weight excluding hydrogens is 286 g/mol. The largest absolute Gasteiger partial charge is 0.378 e. The van der Waals surface area contributed by atoms with Crippen molar-refractivity contribution in [2.45, 2.75) is 37.8 Å². The maximum atomic E-state index is 12.2. The Balaban J connectivity index is 1.55. The van der Waals surface area contributed by atoms with Gasteiger partial charge in [-0.1, -0.05) is 0 Å². The molecule has 0 radical (unpaired) electrons. The quantitative estimate of drug-likeness (QED) is 0.754. The number of ether oxygens (including phenoxy) is 2. The molecule has 1 N–H and O–H groups in total. The van der Waals surface area contributed by atoms with E-state index in [2.05, 4.69) is 10.2 Å². The first-order valence-electron chi connectivity index (χ1n) is 8.00. The standard InChI is InChI=1S/C15H25N3O4/c1-14(2)12(19)18(13(20)16-14)6-5-17-7-9-22-15(10-17)4-3-8-21-11-15/h3-11H2,1-2H3,(H,16,20). The smallest absolute Gasteiger partial charge is 0.325 e. The van der Waals surface area contributed by atoms with Gasteiger partial charge >= 0.3 is 6.03 Å². The van der Waals surface area contributed by atoms with Gasteiger partial charge in [-0.25, -0.2) is 4.79 Å². The van der Waals surface area contributed by atoms with Crippen molar-refractivity contribution in [2.75, 3.05) is 46.0 Å². The van der Waals surface area contributed by atoms with E-state index in [-0.39, 0.29) is 17.5 Å². The van der Waals surface area contributed by atoms with E-state index in [0.29, 0.717) is 26.3 Å². The molecular formula is C15H25N3O4. The van der Waals surface area contributed by atoms with E-state index < -0.39 is 5.54 Å². The molecule has 3 aliphatic heterocycles. The molecule has 0 aliphatic carbocycles. The van der Waals surface area contributed by atoms with Crippen LogP contribution in [0, 0.1) is 0 Å². The summed E-state index contributed by atoms with van der Waals surface area (Å²) in [6, 6.07) is -0.293. The van der Waals surface area contributed by atoms with E-state index in [9.17, 15) is 9.59 Å². The Morgan fingerprint density at radius 1 is 1.23 bits per heavy atom. The molecule has 3 fully saturated rings. The van der Waals surface area contributed by atoms with Crippen LogP contribution in [0.3, 0.4) is 0 Å². The van der Waals surface area contributed by atoms with E-state index >= 15 is 0 Å². The van der Waals surface area contributed by atoms with Crippen LogP contribution >= 0.6 is 0 Å². The molecule has 22 heavy (non-hydrogen) atoms. The highest BCUT2D eigenvalue weighted by Gasteiger charge is 2.44. The molecule has 3 aliphatic rings. The first-order chi connectivity index (χ1) is 10.4. The van der Waals surface area contributed by atoms with E-state index in [1.54, 1.807) is 13.8 Å². The summed E-state index contributed by atoms with van der Waals surface area (Å²) in [7, 11) is 0. The van der Waals surface area contributed by atoms with E-state index in [4.69, 9.17) is 9.47 Å². The number of hydrogen-bond acceptors (Lipinski definition) is 5. The predicted octanol–water partition coefficient (Wildman–Crippen LogP) is 0.198.